The molecule has 0 radical (unpaired) electrons. The zero-order valence-corrected chi connectivity index (χ0v) is 10.7. The van der Waals surface area contributed by atoms with Gasteiger partial charge in [0.2, 0.25) is 11.8 Å². The number of carbonyl (C=O) groups is 2. The van der Waals surface area contributed by atoms with Crippen molar-refractivity contribution in [3.8, 4) is 0 Å². The summed E-state index contributed by atoms with van der Waals surface area (Å²) < 4.78 is 0. The Balaban J connectivity index is 2.12. The van der Waals surface area contributed by atoms with E-state index in [0.29, 0.717) is 12.5 Å². The molecule has 1 atom stereocenters. The van der Waals surface area contributed by atoms with Gasteiger partial charge in [-0.1, -0.05) is 13.8 Å². The number of carbonyl (C=O) groups excluding carboxylic acids is 2. The first kappa shape index (κ1) is 14.0. The molecule has 5 heteroatoms. The van der Waals surface area contributed by atoms with Crippen LogP contribution in [0.3, 0.4) is 0 Å². The molecule has 0 bridgehead atoms. The van der Waals surface area contributed by atoms with Crippen LogP contribution in [0.15, 0.2) is 0 Å². The van der Waals surface area contributed by atoms with Gasteiger partial charge in [-0.05, 0) is 25.2 Å². The van der Waals surface area contributed by atoms with Gasteiger partial charge in [-0.25, -0.2) is 0 Å². The summed E-state index contributed by atoms with van der Waals surface area (Å²) in [6.07, 6.45) is 2.76. The average Bonchev–Trinajstić information content (AvgIpc) is 2.27. The minimum Gasteiger partial charge on any atom is -0.355 e. The van der Waals surface area contributed by atoms with E-state index < -0.39 is 0 Å². The van der Waals surface area contributed by atoms with E-state index in [0.717, 1.165) is 25.8 Å². The Kier molecular flexibility index (Phi) is 5.97. The Bertz CT molecular complexity index is 266. The normalized spacial score (nSPS) is 20.2. The van der Waals surface area contributed by atoms with Crippen molar-refractivity contribution in [1.29, 1.82) is 0 Å². The SMILES string of the molecule is CC(C)CCNC(=O)CNC1CCCNC1=O. The Morgan fingerprint density at radius 3 is 2.94 bits per heavy atom. The van der Waals surface area contributed by atoms with E-state index in [-0.39, 0.29) is 24.4 Å². The molecule has 1 unspecified atom stereocenters. The summed E-state index contributed by atoms with van der Waals surface area (Å²) in [7, 11) is 0. The van der Waals surface area contributed by atoms with E-state index in [2.05, 4.69) is 29.8 Å². The van der Waals surface area contributed by atoms with Crippen molar-refractivity contribution in [3.63, 3.8) is 0 Å². The summed E-state index contributed by atoms with van der Waals surface area (Å²) in [4.78, 5) is 22.9. The van der Waals surface area contributed by atoms with E-state index in [1.165, 1.54) is 0 Å². The molecule has 1 saturated heterocycles. The molecule has 3 N–H and O–H groups in total. The molecule has 0 aliphatic carbocycles. The van der Waals surface area contributed by atoms with Crippen LogP contribution in [0.2, 0.25) is 0 Å². The van der Waals surface area contributed by atoms with E-state index in [1.54, 1.807) is 0 Å². The first-order valence-electron chi connectivity index (χ1n) is 6.37. The fourth-order valence-electron chi connectivity index (χ4n) is 1.75. The lowest BCUT2D eigenvalue weighted by Gasteiger charge is -2.22. The molecular formula is C12H23N3O2. The molecule has 0 spiro atoms. The van der Waals surface area contributed by atoms with Crippen molar-refractivity contribution >= 4 is 11.8 Å². The summed E-state index contributed by atoms with van der Waals surface area (Å²) in [5.41, 5.74) is 0. The molecule has 0 aromatic carbocycles. The first-order chi connectivity index (χ1) is 8.09. The molecule has 0 aromatic rings. The van der Waals surface area contributed by atoms with Crippen molar-refractivity contribution in [2.45, 2.75) is 39.2 Å². The van der Waals surface area contributed by atoms with Crippen LogP contribution < -0.4 is 16.0 Å². The standard InChI is InChI=1S/C12H23N3O2/c1-9(2)5-7-13-11(16)8-15-10-4-3-6-14-12(10)17/h9-10,15H,3-8H2,1-2H3,(H,13,16)(H,14,17). The molecule has 1 heterocycles. The van der Waals surface area contributed by atoms with Crippen LogP contribution in [0.4, 0.5) is 0 Å². The highest BCUT2D eigenvalue weighted by atomic mass is 16.2. The Hall–Kier alpha value is -1.10. The first-order valence-corrected chi connectivity index (χ1v) is 6.37. The van der Waals surface area contributed by atoms with Gasteiger partial charge in [0.15, 0.2) is 0 Å². The van der Waals surface area contributed by atoms with Gasteiger partial charge >= 0.3 is 0 Å². The zero-order valence-electron chi connectivity index (χ0n) is 10.7. The third kappa shape index (κ3) is 5.68. The highest BCUT2D eigenvalue weighted by Gasteiger charge is 2.21. The number of hydrogen-bond acceptors (Lipinski definition) is 3. The molecule has 0 aromatic heterocycles. The Labute approximate surface area is 103 Å². The zero-order chi connectivity index (χ0) is 12.7. The molecule has 1 fully saturated rings. The third-order valence-electron chi connectivity index (χ3n) is 2.84. The van der Waals surface area contributed by atoms with Crippen LogP contribution in [0, 0.1) is 5.92 Å². The average molecular weight is 241 g/mol. The number of rotatable bonds is 6. The molecular weight excluding hydrogens is 218 g/mol. The van der Waals surface area contributed by atoms with Gasteiger partial charge in [0.05, 0.1) is 12.6 Å². The van der Waals surface area contributed by atoms with Gasteiger partial charge in [0.1, 0.15) is 0 Å². The lowest BCUT2D eigenvalue weighted by Crippen LogP contribution is -2.50. The van der Waals surface area contributed by atoms with Crippen molar-refractivity contribution in [2.24, 2.45) is 5.92 Å². The Morgan fingerprint density at radius 2 is 2.29 bits per heavy atom. The molecule has 17 heavy (non-hydrogen) atoms. The highest BCUT2D eigenvalue weighted by molar-refractivity contribution is 5.84. The maximum Gasteiger partial charge on any atom is 0.237 e. The summed E-state index contributed by atoms with van der Waals surface area (Å²) in [6, 6.07) is -0.209. The minimum absolute atomic E-state index is 0.00577. The number of piperidine rings is 1. The molecule has 1 aliphatic heterocycles. The third-order valence-corrected chi connectivity index (χ3v) is 2.84. The van der Waals surface area contributed by atoms with Crippen LogP contribution in [-0.2, 0) is 9.59 Å². The van der Waals surface area contributed by atoms with Crippen molar-refractivity contribution < 1.29 is 9.59 Å². The van der Waals surface area contributed by atoms with Crippen LogP contribution in [0.5, 0.6) is 0 Å². The van der Waals surface area contributed by atoms with Crippen molar-refractivity contribution in [1.82, 2.24) is 16.0 Å². The minimum atomic E-state index is -0.209. The van der Waals surface area contributed by atoms with Gasteiger partial charge in [0, 0.05) is 13.1 Å². The van der Waals surface area contributed by atoms with Gasteiger partial charge in [0.25, 0.3) is 0 Å². The fourth-order valence-corrected chi connectivity index (χ4v) is 1.75. The lowest BCUT2D eigenvalue weighted by atomic mass is 10.1. The maximum absolute atomic E-state index is 11.5. The fraction of sp³-hybridized carbons (Fsp3) is 0.833. The Morgan fingerprint density at radius 1 is 1.53 bits per heavy atom. The predicted molar refractivity (Wildman–Crippen MR) is 66.5 cm³/mol. The largest absolute Gasteiger partial charge is 0.355 e. The van der Waals surface area contributed by atoms with E-state index in [1.807, 2.05) is 0 Å². The van der Waals surface area contributed by atoms with Crippen LogP contribution in [-0.4, -0.2) is 37.5 Å². The van der Waals surface area contributed by atoms with Gasteiger partial charge in [-0.3, -0.25) is 14.9 Å². The monoisotopic (exact) mass is 241 g/mol. The summed E-state index contributed by atoms with van der Waals surface area (Å²) in [6.45, 7) is 5.91. The van der Waals surface area contributed by atoms with E-state index >= 15 is 0 Å². The lowest BCUT2D eigenvalue weighted by molar-refractivity contribution is -0.125. The maximum atomic E-state index is 11.5. The molecule has 98 valence electrons. The van der Waals surface area contributed by atoms with Crippen LogP contribution in [0.1, 0.15) is 33.1 Å². The molecule has 5 nitrogen and oxygen atoms in total. The van der Waals surface area contributed by atoms with Gasteiger partial charge in [-0.15, -0.1) is 0 Å². The number of nitrogens with one attached hydrogen (secondary N) is 3. The van der Waals surface area contributed by atoms with Crippen LogP contribution >= 0.6 is 0 Å². The van der Waals surface area contributed by atoms with E-state index in [9.17, 15) is 9.59 Å². The second kappa shape index (κ2) is 7.27. The second-order valence-electron chi connectivity index (χ2n) is 4.90. The van der Waals surface area contributed by atoms with Crippen LogP contribution in [0.25, 0.3) is 0 Å². The summed E-state index contributed by atoms with van der Waals surface area (Å²) in [5, 5.41) is 8.60. The van der Waals surface area contributed by atoms with Gasteiger partial charge < -0.3 is 10.6 Å². The predicted octanol–water partition coefficient (Wildman–Crippen LogP) is 0.0169. The molecule has 0 saturated carbocycles. The number of hydrogen-bond donors (Lipinski definition) is 3. The second-order valence-corrected chi connectivity index (χ2v) is 4.90. The summed E-state index contributed by atoms with van der Waals surface area (Å²) >= 11 is 0. The van der Waals surface area contributed by atoms with Gasteiger partial charge in [-0.2, -0.15) is 0 Å². The van der Waals surface area contributed by atoms with Crippen molar-refractivity contribution in [3.05, 3.63) is 0 Å². The van der Waals surface area contributed by atoms with Crippen molar-refractivity contribution in [2.75, 3.05) is 19.6 Å². The quantitative estimate of drug-likeness (QED) is 0.614. The topological polar surface area (TPSA) is 70.2 Å². The smallest absolute Gasteiger partial charge is 0.237 e. The number of amides is 2. The molecule has 1 aliphatic rings. The highest BCUT2D eigenvalue weighted by Crippen LogP contribution is 2.02. The molecule has 1 rings (SSSR count). The van der Waals surface area contributed by atoms with E-state index in [4.69, 9.17) is 0 Å². The summed E-state index contributed by atoms with van der Waals surface area (Å²) in [5.74, 6) is 0.558. The molecule has 2 amide bonds.